The third-order valence-corrected chi connectivity index (χ3v) is 3.61. The van der Waals surface area contributed by atoms with Gasteiger partial charge in [-0.25, -0.2) is 4.79 Å². The van der Waals surface area contributed by atoms with Crippen LogP contribution in [0.5, 0.6) is 0 Å². The normalized spacial score (nSPS) is 12.6. The number of H-pyrrole nitrogens is 1. The number of nitrogens with one attached hydrogen (secondary N) is 2. The summed E-state index contributed by atoms with van der Waals surface area (Å²) in [5.41, 5.74) is 3.00. The van der Waals surface area contributed by atoms with Crippen LogP contribution in [0, 0.1) is 12.8 Å². The molecule has 1 aromatic heterocycles. The van der Waals surface area contributed by atoms with Crippen LogP contribution < -0.4 is 5.32 Å². The summed E-state index contributed by atoms with van der Waals surface area (Å²) in [4.78, 5) is 26.3. The van der Waals surface area contributed by atoms with Gasteiger partial charge in [-0.1, -0.05) is 32.0 Å². The Kier molecular flexibility index (Phi) is 4.31. The lowest BCUT2D eigenvalue weighted by atomic mass is 10.0. The van der Waals surface area contributed by atoms with E-state index in [0.29, 0.717) is 0 Å². The highest BCUT2D eigenvalue weighted by Gasteiger charge is 2.23. The fraction of sp³-hybridized carbons (Fsp3) is 0.375. The molecule has 21 heavy (non-hydrogen) atoms. The second kappa shape index (κ2) is 5.99. The van der Waals surface area contributed by atoms with Crippen molar-refractivity contribution in [1.82, 2.24) is 10.3 Å². The fourth-order valence-electron chi connectivity index (χ4n) is 2.42. The third kappa shape index (κ3) is 3.24. The molecule has 0 bridgehead atoms. The topological polar surface area (TPSA) is 82.2 Å². The molecule has 1 aromatic carbocycles. The van der Waals surface area contributed by atoms with Crippen LogP contribution in [0.15, 0.2) is 24.4 Å². The number of aryl methyl sites for hydroxylation is 1. The average molecular weight is 288 g/mol. The van der Waals surface area contributed by atoms with Crippen LogP contribution in [0.2, 0.25) is 0 Å². The number of carboxylic acid groups (broad SMARTS) is 1. The highest BCUT2D eigenvalue weighted by molar-refractivity contribution is 5.91. The summed E-state index contributed by atoms with van der Waals surface area (Å²) < 4.78 is 0. The Morgan fingerprint density at radius 3 is 2.67 bits per heavy atom. The van der Waals surface area contributed by atoms with Crippen molar-refractivity contribution in [1.29, 1.82) is 0 Å². The maximum Gasteiger partial charge on any atom is 0.326 e. The number of aromatic nitrogens is 1. The molecule has 0 saturated heterocycles. The Labute approximate surface area is 123 Å². The molecule has 2 aromatic rings. The number of hydrogen-bond acceptors (Lipinski definition) is 2. The van der Waals surface area contributed by atoms with Gasteiger partial charge in [-0.2, -0.15) is 0 Å². The molecule has 0 saturated carbocycles. The summed E-state index contributed by atoms with van der Waals surface area (Å²) >= 11 is 0. The van der Waals surface area contributed by atoms with Crippen molar-refractivity contribution in [3.05, 3.63) is 35.5 Å². The van der Waals surface area contributed by atoms with E-state index in [1.165, 1.54) is 0 Å². The molecule has 2 rings (SSSR count). The van der Waals surface area contributed by atoms with Crippen LogP contribution in [0.25, 0.3) is 10.9 Å². The van der Waals surface area contributed by atoms with Gasteiger partial charge in [0, 0.05) is 17.1 Å². The second-order valence-corrected chi connectivity index (χ2v) is 5.62. The fourth-order valence-corrected chi connectivity index (χ4v) is 2.42. The van der Waals surface area contributed by atoms with Crippen molar-refractivity contribution >= 4 is 22.8 Å². The summed E-state index contributed by atoms with van der Waals surface area (Å²) in [7, 11) is 0. The van der Waals surface area contributed by atoms with Crippen molar-refractivity contribution in [2.75, 3.05) is 0 Å². The largest absolute Gasteiger partial charge is 0.480 e. The number of rotatable bonds is 5. The Bertz CT molecular complexity index is 673. The SMILES string of the molecule is Cc1cccc2c(CC(=O)N[C@@H](C(=O)O)C(C)C)c[nH]c12. The monoisotopic (exact) mass is 288 g/mol. The first-order valence-electron chi connectivity index (χ1n) is 6.98. The van der Waals surface area contributed by atoms with E-state index in [1.54, 1.807) is 13.8 Å². The zero-order valence-electron chi connectivity index (χ0n) is 12.4. The van der Waals surface area contributed by atoms with Crippen LogP contribution in [0.4, 0.5) is 0 Å². The van der Waals surface area contributed by atoms with Crippen LogP contribution >= 0.6 is 0 Å². The molecular formula is C16H20N2O3. The highest BCUT2D eigenvalue weighted by atomic mass is 16.4. The van der Waals surface area contributed by atoms with Crippen LogP contribution in [-0.2, 0) is 16.0 Å². The Hall–Kier alpha value is -2.30. The van der Waals surface area contributed by atoms with Crippen LogP contribution in [0.3, 0.4) is 0 Å². The van der Waals surface area contributed by atoms with Gasteiger partial charge >= 0.3 is 5.97 Å². The molecular weight excluding hydrogens is 268 g/mol. The standard InChI is InChI=1S/C16H20N2O3/c1-9(2)14(16(20)21)18-13(19)7-11-8-17-15-10(3)5-4-6-12(11)15/h4-6,8-9,14,17H,7H2,1-3H3,(H,18,19)(H,20,21)/t14-/m1/s1. The molecule has 112 valence electrons. The molecule has 1 heterocycles. The number of carbonyl (C=O) groups excluding carboxylic acids is 1. The van der Waals surface area contributed by atoms with Gasteiger partial charge in [0.2, 0.25) is 5.91 Å². The molecule has 0 fully saturated rings. The number of hydrogen-bond donors (Lipinski definition) is 3. The van der Waals surface area contributed by atoms with Crippen molar-refractivity contribution < 1.29 is 14.7 Å². The predicted octanol–water partition coefficient (Wildman–Crippen LogP) is 2.24. The number of carbonyl (C=O) groups is 2. The van der Waals surface area contributed by atoms with Gasteiger partial charge in [-0.3, -0.25) is 4.79 Å². The summed E-state index contributed by atoms with van der Waals surface area (Å²) in [5, 5.41) is 12.7. The summed E-state index contributed by atoms with van der Waals surface area (Å²) in [5.74, 6) is -1.44. The average Bonchev–Trinajstić information content (AvgIpc) is 2.80. The first-order valence-corrected chi connectivity index (χ1v) is 6.98. The number of aromatic amines is 1. The molecule has 0 aliphatic rings. The number of carboxylic acids is 1. The molecule has 5 nitrogen and oxygen atoms in total. The van der Waals surface area contributed by atoms with E-state index in [0.717, 1.165) is 22.0 Å². The molecule has 0 spiro atoms. The molecule has 1 atom stereocenters. The second-order valence-electron chi connectivity index (χ2n) is 5.62. The summed E-state index contributed by atoms with van der Waals surface area (Å²) in [6, 6.07) is 5.05. The minimum absolute atomic E-state index is 0.156. The number of amides is 1. The van der Waals surface area contributed by atoms with Crippen molar-refractivity contribution in [3.8, 4) is 0 Å². The third-order valence-electron chi connectivity index (χ3n) is 3.61. The zero-order valence-corrected chi connectivity index (χ0v) is 12.4. The van der Waals surface area contributed by atoms with Crippen LogP contribution in [0.1, 0.15) is 25.0 Å². The first kappa shape index (κ1) is 15.1. The van der Waals surface area contributed by atoms with E-state index in [2.05, 4.69) is 10.3 Å². The van der Waals surface area contributed by atoms with E-state index >= 15 is 0 Å². The van der Waals surface area contributed by atoms with Gasteiger partial charge in [0.1, 0.15) is 6.04 Å². The predicted molar refractivity (Wildman–Crippen MR) is 81.1 cm³/mol. The van der Waals surface area contributed by atoms with E-state index in [9.17, 15) is 9.59 Å². The minimum atomic E-state index is -1.01. The zero-order chi connectivity index (χ0) is 15.6. The molecule has 0 aliphatic heterocycles. The Morgan fingerprint density at radius 1 is 1.33 bits per heavy atom. The van der Waals surface area contributed by atoms with E-state index in [1.807, 2.05) is 31.3 Å². The number of para-hydroxylation sites is 1. The lowest BCUT2D eigenvalue weighted by molar-refractivity contribution is -0.143. The van der Waals surface area contributed by atoms with Crippen LogP contribution in [-0.4, -0.2) is 28.0 Å². The van der Waals surface area contributed by atoms with Gasteiger partial charge in [0.25, 0.3) is 0 Å². The van der Waals surface area contributed by atoms with E-state index < -0.39 is 12.0 Å². The number of fused-ring (bicyclic) bond motifs is 1. The van der Waals surface area contributed by atoms with Crippen molar-refractivity contribution in [2.45, 2.75) is 33.2 Å². The smallest absolute Gasteiger partial charge is 0.326 e. The molecule has 0 aliphatic carbocycles. The van der Waals surface area contributed by atoms with Gasteiger partial charge in [-0.15, -0.1) is 0 Å². The number of benzene rings is 1. The Balaban J connectivity index is 2.15. The van der Waals surface area contributed by atoms with Crippen molar-refractivity contribution in [3.63, 3.8) is 0 Å². The lowest BCUT2D eigenvalue weighted by Crippen LogP contribution is -2.44. The van der Waals surface area contributed by atoms with Gasteiger partial charge in [-0.05, 0) is 24.0 Å². The van der Waals surface area contributed by atoms with Gasteiger partial charge < -0.3 is 15.4 Å². The summed E-state index contributed by atoms with van der Waals surface area (Å²) in [6.45, 7) is 5.55. The van der Waals surface area contributed by atoms with Gasteiger partial charge in [0.15, 0.2) is 0 Å². The van der Waals surface area contributed by atoms with E-state index in [4.69, 9.17) is 5.11 Å². The maximum atomic E-state index is 12.1. The Morgan fingerprint density at radius 2 is 2.05 bits per heavy atom. The molecule has 1 amide bonds. The molecule has 0 radical (unpaired) electrons. The minimum Gasteiger partial charge on any atom is -0.480 e. The molecule has 3 N–H and O–H groups in total. The first-order chi connectivity index (χ1) is 9.90. The number of aliphatic carboxylic acids is 1. The summed E-state index contributed by atoms with van der Waals surface area (Å²) in [6.07, 6.45) is 1.97. The highest BCUT2D eigenvalue weighted by Crippen LogP contribution is 2.21. The maximum absolute atomic E-state index is 12.1. The molecule has 5 heteroatoms. The van der Waals surface area contributed by atoms with Gasteiger partial charge in [0.05, 0.1) is 6.42 Å². The van der Waals surface area contributed by atoms with E-state index in [-0.39, 0.29) is 18.2 Å². The van der Waals surface area contributed by atoms with Crippen molar-refractivity contribution in [2.24, 2.45) is 5.92 Å². The molecule has 0 unspecified atom stereocenters. The quantitative estimate of drug-likeness (QED) is 0.789. The lowest BCUT2D eigenvalue weighted by Gasteiger charge is -2.17.